The van der Waals surface area contributed by atoms with Crippen molar-refractivity contribution in [3.63, 3.8) is 0 Å². The van der Waals surface area contributed by atoms with Crippen molar-refractivity contribution in [1.82, 2.24) is 0 Å². The number of carbonyl (C=O) groups excluding carboxylic acids is 1. The fourth-order valence-electron chi connectivity index (χ4n) is 0.928. The van der Waals surface area contributed by atoms with Crippen molar-refractivity contribution in [2.75, 3.05) is 7.11 Å². The largest absolute Gasteiger partial charge is 0.465 e. The number of hydrogen-bond acceptors (Lipinski definition) is 3. The predicted molar refractivity (Wildman–Crippen MR) is 60.2 cm³/mol. The summed E-state index contributed by atoms with van der Waals surface area (Å²) in [6.07, 6.45) is 0. The van der Waals surface area contributed by atoms with E-state index in [0.29, 0.717) is 3.57 Å². The van der Waals surface area contributed by atoms with Crippen LogP contribution < -0.4 is 0 Å². The summed E-state index contributed by atoms with van der Waals surface area (Å²) in [5, 5.41) is 8.84. The highest BCUT2D eigenvalue weighted by Crippen LogP contribution is 2.26. The van der Waals surface area contributed by atoms with Crippen molar-refractivity contribution in [3.8, 4) is 6.07 Å². The molecule has 0 saturated heterocycles. The SMILES string of the molecule is COC(=O)c1c(I)ccc(C#N)c1Cl. The number of benzene rings is 1. The number of halogens is 2. The molecule has 0 heterocycles. The maximum atomic E-state index is 11.3. The van der Waals surface area contributed by atoms with Gasteiger partial charge in [-0.25, -0.2) is 4.79 Å². The number of nitriles is 1. The van der Waals surface area contributed by atoms with E-state index >= 15 is 0 Å². The molecule has 72 valence electrons. The Balaban J connectivity index is 3.42. The highest BCUT2D eigenvalue weighted by Gasteiger charge is 2.17. The monoisotopic (exact) mass is 321 g/mol. The summed E-state index contributed by atoms with van der Waals surface area (Å²) >= 11 is 7.82. The van der Waals surface area contributed by atoms with E-state index in [1.165, 1.54) is 7.11 Å². The molecular weight excluding hydrogens is 316 g/mol. The molecule has 1 rings (SSSR count). The third-order valence-electron chi connectivity index (χ3n) is 1.60. The molecule has 0 saturated carbocycles. The van der Waals surface area contributed by atoms with Crippen molar-refractivity contribution in [2.45, 2.75) is 0 Å². The molecule has 0 spiro atoms. The number of ether oxygens (including phenoxy) is 1. The number of esters is 1. The number of methoxy groups -OCH3 is 1. The molecule has 0 aromatic heterocycles. The van der Waals surface area contributed by atoms with E-state index in [9.17, 15) is 4.79 Å². The van der Waals surface area contributed by atoms with Crippen LogP contribution in [0.4, 0.5) is 0 Å². The molecule has 3 nitrogen and oxygen atoms in total. The lowest BCUT2D eigenvalue weighted by Crippen LogP contribution is -2.05. The van der Waals surface area contributed by atoms with Crippen molar-refractivity contribution in [2.24, 2.45) is 0 Å². The van der Waals surface area contributed by atoms with Crippen LogP contribution in [-0.2, 0) is 4.74 Å². The highest BCUT2D eigenvalue weighted by atomic mass is 127. The van der Waals surface area contributed by atoms with Gasteiger partial charge in [-0.15, -0.1) is 0 Å². The second kappa shape index (κ2) is 4.62. The molecule has 5 heteroatoms. The van der Waals surface area contributed by atoms with Gasteiger partial charge in [0.05, 0.1) is 23.3 Å². The van der Waals surface area contributed by atoms with E-state index in [4.69, 9.17) is 16.9 Å². The first-order chi connectivity index (χ1) is 6.61. The first kappa shape index (κ1) is 11.3. The van der Waals surface area contributed by atoms with E-state index in [0.717, 1.165) is 0 Å². The summed E-state index contributed by atoms with van der Waals surface area (Å²) in [6, 6.07) is 5.11. The molecule has 14 heavy (non-hydrogen) atoms. The lowest BCUT2D eigenvalue weighted by Gasteiger charge is -2.05. The van der Waals surface area contributed by atoms with Crippen LogP contribution in [0.25, 0.3) is 0 Å². The Morgan fingerprint density at radius 1 is 1.64 bits per heavy atom. The van der Waals surface area contributed by atoms with Crippen LogP contribution in [0.5, 0.6) is 0 Å². The topological polar surface area (TPSA) is 50.1 Å². The molecule has 0 unspecified atom stereocenters. The maximum Gasteiger partial charge on any atom is 0.340 e. The Morgan fingerprint density at radius 3 is 2.79 bits per heavy atom. The second-order valence-corrected chi connectivity index (χ2v) is 3.93. The van der Waals surface area contributed by atoms with E-state index in [2.05, 4.69) is 4.74 Å². The Morgan fingerprint density at radius 2 is 2.29 bits per heavy atom. The molecule has 0 aliphatic rings. The van der Waals surface area contributed by atoms with Crippen LogP contribution in [0.15, 0.2) is 12.1 Å². The third kappa shape index (κ3) is 1.99. The number of nitrogens with zero attached hydrogens (tertiary/aromatic N) is 1. The van der Waals surface area contributed by atoms with Crippen LogP contribution in [0.3, 0.4) is 0 Å². The molecule has 0 fully saturated rings. The van der Waals surface area contributed by atoms with Gasteiger partial charge >= 0.3 is 5.97 Å². The van der Waals surface area contributed by atoms with Crippen molar-refractivity contribution >= 4 is 40.2 Å². The van der Waals surface area contributed by atoms with Gasteiger partial charge in [0, 0.05) is 3.57 Å². The molecule has 1 aromatic rings. The summed E-state index contributed by atoms with van der Waals surface area (Å²) in [4.78, 5) is 11.3. The zero-order valence-electron chi connectivity index (χ0n) is 7.17. The second-order valence-electron chi connectivity index (χ2n) is 2.39. The lowest BCUT2D eigenvalue weighted by molar-refractivity contribution is 0.0599. The number of rotatable bonds is 1. The van der Waals surface area contributed by atoms with E-state index < -0.39 is 5.97 Å². The van der Waals surface area contributed by atoms with Crippen LogP contribution in [-0.4, -0.2) is 13.1 Å². The summed E-state index contributed by atoms with van der Waals surface area (Å²) in [7, 11) is 1.27. The van der Waals surface area contributed by atoms with Crippen LogP contribution in [0.2, 0.25) is 5.02 Å². The minimum absolute atomic E-state index is 0.145. The normalized spacial score (nSPS) is 9.29. The average molecular weight is 322 g/mol. The van der Waals surface area contributed by atoms with Crippen LogP contribution >= 0.6 is 34.2 Å². The van der Waals surface area contributed by atoms with Gasteiger partial charge in [0.2, 0.25) is 0 Å². The molecule has 0 atom stereocenters. The Hall–Kier alpha value is -0.800. The van der Waals surface area contributed by atoms with Crippen molar-refractivity contribution < 1.29 is 9.53 Å². The zero-order valence-corrected chi connectivity index (χ0v) is 10.1. The molecule has 0 aliphatic heterocycles. The summed E-state index contributed by atoms with van der Waals surface area (Å²) < 4.78 is 5.23. The van der Waals surface area contributed by atoms with Crippen molar-refractivity contribution in [1.29, 1.82) is 5.26 Å². The van der Waals surface area contributed by atoms with Crippen LogP contribution in [0.1, 0.15) is 15.9 Å². The Bertz CT molecular complexity index is 426. The Labute approximate surface area is 99.8 Å². The summed E-state index contributed by atoms with van der Waals surface area (Å²) in [6.45, 7) is 0. The van der Waals surface area contributed by atoms with Gasteiger partial charge in [-0.1, -0.05) is 11.6 Å². The van der Waals surface area contributed by atoms with Gasteiger partial charge in [-0.3, -0.25) is 0 Å². The van der Waals surface area contributed by atoms with E-state index in [-0.39, 0.29) is 16.1 Å². The molecular formula is C9H5ClINO2. The van der Waals surface area contributed by atoms with Crippen molar-refractivity contribution in [3.05, 3.63) is 31.9 Å². The van der Waals surface area contributed by atoms with Crippen LogP contribution in [0, 0.1) is 14.9 Å². The summed E-state index contributed by atoms with van der Waals surface area (Å²) in [5.41, 5.74) is 0.515. The molecule has 0 aliphatic carbocycles. The highest BCUT2D eigenvalue weighted by molar-refractivity contribution is 14.1. The average Bonchev–Trinajstić information content (AvgIpc) is 2.18. The molecule has 0 N–H and O–H groups in total. The zero-order chi connectivity index (χ0) is 10.7. The van der Waals surface area contributed by atoms with E-state index in [1.807, 2.05) is 28.7 Å². The minimum atomic E-state index is -0.531. The predicted octanol–water partition coefficient (Wildman–Crippen LogP) is 2.60. The standard InChI is InChI=1S/C9H5ClINO2/c1-14-9(13)7-6(11)3-2-5(4-12)8(7)10/h2-3H,1H3. The molecule has 0 radical (unpaired) electrons. The Kier molecular flexibility index (Phi) is 3.72. The quantitative estimate of drug-likeness (QED) is 0.590. The first-order valence-corrected chi connectivity index (χ1v) is 5.04. The minimum Gasteiger partial charge on any atom is -0.465 e. The van der Waals surface area contributed by atoms with Gasteiger partial charge in [0.1, 0.15) is 6.07 Å². The van der Waals surface area contributed by atoms with Gasteiger partial charge in [-0.05, 0) is 34.7 Å². The fraction of sp³-hybridized carbons (Fsp3) is 0.111. The third-order valence-corrected chi connectivity index (χ3v) is 2.89. The number of carbonyl (C=O) groups is 1. The van der Waals surface area contributed by atoms with Gasteiger partial charge in [-0.2, -0.15) is 5.26 Å². The fourth-order valence-corrected chi connectivity index (χ4v) is 2.04. The lowest BCUT2D eigenvalue weighted by atomic mass is 10.1. The smallest absolute Gasteiger partial charge is 0.340 e. The summed E-state index contributed by atoms with van der Waals surface area (Å²) in [5.74, 6) is -0.531. The van der Waals surface area contributed by atoms with Gasteiger partial charge < -0.3 is 4.74 Å². The first-order valence-electron chi connectivity index (χ1n) is 3.58. The molecule has 1 aromatic carbocycles. The molecule has 0 amide bonds. The molecule has 0 bridgehead atoms. The van der Waals surface area contributed by atoms with Gasteiger partial charge in [0.15, 0.2) is 0 Å². The van der Waals surface area contributed by atoms with Gasteiger partial charge in [0.25, 0.3) is 0 Å². The van der Waals surface area contributed by atoms with E-state index in [1.54, 1.807) is 12.1 Å². The maximum absolute atomic E-state index is 11.3. The number of hydrogen-bond donors (Lipinski definition) is 0.